The van der Waals surface area contributed by atoms with E-state index < -0.39 is 0 Å². The Morgan fingerprint density at radius 1 is 0.947 bits per heavy atom. The largest absolute Gasteiger partial charge is 0.308 e. The minimum Gasteiger partial charge on any atom is -0.308 e. The van der Waals surface area contributed by atoms with Crippen LogP contribution in [0, 0.1) is 6.92 Å². The fraction of sp³-hybridized carbons (Fsp3) is 0.0714. The second-order valence-electron chi connectivity index (χ2n) is 4.21. The third-order valence-electron chi connectivity index (χ3n) is 2.90. The highest BCUT2D eigenvalue weighted by Gasteiger charge is 2.08. The number of nitrogens with two attached hydrogens (primary N) is 1. The number of aryl methyl sites for hydroxylation is 1. The molecule has 1 aromatic carbocycles. The number of nitrogen functional groups attached to an aromatic ring is 1. The molecule has 3 N–H and O–H groups in total. The molecule has 0 saturated heterocycles. The smallest absolute Gasteiger partial charge is 0.180 e. The molecule has 5 heteroatoms. The summed E-state index contributed by atoms with van der Waals surface area (Å²) in [5.74, 6) is 5.93. The van der Waals surface area contributed by atoms with Crippen LogP contribution in [0.2, 0.25) is 0 Å². The summed E-state index contributed by atoms with van der Waals surface area (Å²) in [5, 5.41) is 0. The molecule has 0 bridgehead atoms. The van der Waals surface area contributed by atoms with Crippen molar-refractivity contribution in [2.24, 2.45) is 5.84 Å². The van der Waals surface area contributed by atoms with Gasteiger partial charge in [-0.2, -0.15) is 0 Å². The number of aromatic nitrogens is 3. The van der Waals surface area contributed by atoms with Crippen LogP contribution in [-0.2, 0) is 0 Å². The van der Waals surface area contributed by atoms with E-state index in [2.05, 4.69) is 20.4 Å². The van der Waals surface area contributed by atoms with Gasteiger partial charge in [-0.05, 0) is 19.1 Å². The van der Waals surface area contributed by atoms with Gasteiger partial charge in [0.15, 0.2) is 5.65 Å². The van der Waals surface area contributed by atoms with Crippen molar-refractivity contribution >= 4 is 17.0 Å². The van der Waals surface area contributed by atoms with Crippen LogP contribution in [0.5, 0.6) is 0 Å². The summed E-state index contributed by atoms with van der Waals surface area (Å²) < 4.78 is 0. The van der Waals surface area contributed by atoms with Crippen LogP contribution < -0.4 is 11.3 Å². The minimum absolute atomic E-state index is 0.574. The Kier molecular flexibility index (Phi) is 2.81. The number of hydrogen-bond donors (Lipinski definition) is 2. The number of benzene rings is 1. The molecule has 0 atom stereocenters. The van der Waals surface area contributed by atoms with Gasteiger partial charge < -0.3 is 5.43 Å². The highest BCUT2D eigenvalue weighted by atomic mass is 15.3. The van der Waals surface area contributed by atoms with Gasteiger partial charge in [-0.25, -0.2) is 20.8 Å². The summed E-state index contributed by atoms with van der Waals surface area (Å²) in [6, 6.07) is 13.6. The molecule has 0 radical (unpaired) electrons. The molecule has 3 rings (SSSR count). The summed E-state index contributed by atoms with van der Waals surface area (Å²) in [5.41, 5.74) is 6.61. The van der Waals surface area contributed by atoms with Crippen molar-refractivity contribution in [1.82, 2.24) is 15.0 Å². The van der Waals surface area contributed by atoms with Crippen molar-refractivity contribution in [1.29, 1.82) is 0 Å². The van der Waals surface area contributed by atoms with Gasteiger partial charge in [-0.15, -0.1) is 0 Å². The molecule has 2 heterocycles. The summed E-state index contributed by atoms with van der Waals surface area (Å²) in [6.45, 7) is 1.95. The second kappa shape index (κ2) is 4.62. The quantitative estimate of drug-likeness (QED) is 0.539. The van der Waals surface area contributed by atoms with E-state index in [1.807, 2.05) is 43.3 Å². The Morgan fingerprint density at radius 3 is 2.47 bits per heavy atom. The number of pyridine rings is 1. The van der Waals surface area contributed by atoms with Gasteiger partial charge in [-0.1, -0.05) is 30.3 Å². The van der Waals surface area contributed by atoms with Crippen LogP contribution in [0.15, 0.2) is 42.5 Å². The van der Waals surface area contributed by atoms with Crippen molar-refractivity contribution in [2.45, 2.75) is 6.92 Å². The number of hydrogen-bond acceptors (Lipinski definition) is 5. The van der Waals surface area contributed by atoms with E-state index in [0.29, 0.717) is 11.5 Å². The molecule has 0 spiro atoms. The Hall–Kier alpha value is -2.53. The van der Waals surface area contributed by atoms with Gasteiger partial charge in [-0.3, -0.25) is 0 Å². The lowest BCUT2D eigenvalue weighted by Gasteiger charge is -2.07. The fourth-order valence-electron chi connectivity index (χ4n) is 1.98. The summed E-state index contributed by atoms with van der Waals surface area (Å²) in [7, 11) is 0. The molecule has 0 aliphatic rings. The molecule has 3 aromatic rings. The topological polar surface area (TPSA) is 76.7 Å². The zero-order chi connectivity index (χ0) is 13.2. The fourth-order valence-corrected chi connectivity index (χ4v) is 1.98. The van der Waals surface area contributed by atoms with E-state index in [-0.39, 0.29) is 0 Å². The molecular formula is C14H13N5. The number of hydrazine groups is 1. The number of nitrogens with zero attached hydrogens (tertiary/aromatic N) is 3. The number of fused-ring (bicyclic) bond motifs is 1. The molecule has 0 aliphatic carbocycles. The summed E-state index contributed by atoms with van der Waals surface area (Å²) in [6.07, 6.45) is 0. The molecule has 19 heavy (non-hydrogen) atoms. The Morgan fingerprint density at radius 2 is 1.74 bits per heavy atom. The predicted octanol–water partition coefficient (Wildman–Crippen LogP) is 2.29. The molecule has 94 valence electrons. The predicted molar refractivity (Wildman–Crippen MR) is 75.3 cm³/mol. The molecule has 0 amide bonds. The highest BCUT2D eigenvalue weighted by Crippen LogP contribution is 2.22. The maximum atomic E-state index is 5.36. The third kappa shape index (κ3) is 2.11. The molecule has 0 saturated carbocycles. The van der Waals surface area contributed by atoms with Crippen LogP contribution in [0.4, 0.5) is 5.82 Å². The number of anilines is 1. The van der Waals surface area contributed by atoms with Crippen LogP contribution in [-0.4, -0.2) is 15.0 Å². The number of rotatable bonds is 2. The van der Waals surface area contributed by atoms with Crippen LogP contribution in [0.3, 0.4) is 0 Å². The van der Waals surface area contributed by atoms with Crippen LogP contribution in [0.1, 0.15) is 5.69 Å². The molecule has 0 fully saturated rings. The SMILES string of the molecule is Cc1nc2ccc(NN)nc2nc1-c1ccccc1. The standard InChI is InChI=1S/C14H13N5/c1-9-13(10-5-3-2-4-6-10)18-14-11(16-9)7-8-12(17-14)19-15/h2-8H,15H2,1H3,(H,17,18,19). The molecule has 2 aromatic heterocycles. The average molecular weight is 251 g/mol. The first-order valence-electron chi connectivity index (χ1n) is 5.95. The maximum absolute atomic E-state index is 5.36. The zero-order valence-electron chi connectivity index (χ0n) is 10.5. The van der Waals surface area contributed by atoms with Crippen molar-refractivity contribution in [3.8, 4) is 11.3 Å². The molecule has 0 aliphatic heterocycles. The lowest BCUT2D eigenvalue weighted by Crippen LogP contribution is -2.08. The zero-order valence-corrected chi connectivity index (χ0v) is 10.5. The highest BCUT2D eigenvalue weighted by molar-refractivity contribution is 5.76. The maximum Gasteiger partial charge on any atom is 0.180 e. The molecule has 5 nitrogen and oxygen atoms in total. The van der Waals surface area contributed by atoms with E-state index in [9.17, 15) is 0 Å². The second-order valence-corrected chi connectivity index (χ2v) is 4.21. The monoisotopic (exact) mass is 251 g/mol. The van der Waals surface area contributed by atoms with E-state index in [0.717, 1.165) is 22.5 Å². The van der Waals surface area contributed by atoms with Crippen molar-refractivity contribution in [2.75, 3.05) is 5.43 Å². The van der Waals surface area contributed by atoms with Crippen molar-refractivity contribution in [3.05, 3.63) is 48.2 Å². The lowest BCUT2D eigenvalue weighted by molar-refractivity contribution is 1.15. The van der Waals surface area contributed by atoms with Crippen LogP contribution >= 0.6 is 0 Å². The first-order chi connectivity index (χ1) is 9.28. The van der Waals surface area contributed by atoms with Crippen LogP contribution in [0.25, 0.3) is 22.4 Å². The van der Waals surface area contributed by atoms with Gasteiger partial charge >= 0.3 is 0 Å². The van der Waals surface area contributed by atoms with E-state index >= 15 is 0 Å². The van der Waals surface area contributed by atoms with E-state index in [4.69, 9.17) is 5.84 Å². The van der Waals surface area contributed by atoms with Gasteiger partial charge in [0.1, 0.15) is 11.3 Å². The summed E-state index contributed by atoms with van der Waals surface area (Å²) in [4.78, 5) is 13.4. The number of nitrogens with one attached hydrogen (secondary N) is 1. The lowest BCUT2D eigenvalue weighted by atomic mass is 10.1. The van der Waals surface area contributed by atoms with E-state index in [1.165, 1.54) is 0 Å². The van der Waals surface area contributed by atoms with Gasteiger partial charge in [0, 0.05) is 5.56 Å². The molecular weight excluding hydrogens is 238 g/mol. The average Bonchev–Trinajstić information content (AvgIpc) is 2.47. The van der Waals surface area contributed by atoms with Gasteiger partial charge in [0.05, 0.1) is 11.4 Å². The first kappa shape index (κ1) is 11.6. The van der Waals surface area contributed by atoms with E-state index in [1.54, 1.807) is 6.07 Å². The van der Waals surface area contributed by atoms with Gasteiger partial charge in [0.2, 0.25) is 0 Å². The third-order valence-corrected chi connectivity index (χ3v) is 2.90. The van der Waals surface area contributed by atoms with Gasteiger partial charge in [0.25, 0.3) is 0 Å². The Labute approximate surface area is 110 Å². The molecule has 0 unspecified atom stereocenters. The van der Waals surface area contributed by atoms with Crippen molar-refractivity contribution < 1.29 is 0 Å². The minimum atomic E-state index is 0.574. The Balaban J connectivity index is 2.23. The summed E-state index contributed by atoms with van der Waals surface area (Å²) >= 11 is 0. The first-order valence-corrected chi connectivity index (χ1v) is 5.95. The Bertz CT molecular complexity index is 724. The van der Waals surface area contributed by atoms with Crippen molar-refractivity contribution in [3.63, 3.8) is 0 Å². The normalized spacial score (nSPS) is 10.6.